The van der Waals surface area contributed by atoms with Crippen LogP contribution in [0.4, 0.5) is 0 Å². The summed E-state index contributed by atoms with van der Waals surface area (Å²) >= 11 is 0. The SMILES string of the molecule is c1ccc(-c2nnc3ccc(OC4CCCCC4)nn23)cc1. The Morgan fingerprint density at radius 2 is 1.73 bits per heavy atom. The quantitative estimate of drug-likeness (QED) is 0.742. The van der Waals surface area contributed by atoms with Crippen molar-refractivity contribution < 1.29 is 4.74 Å². The van der Waals surface area contributed by atoms with E-state index in [0.29, 0.717) is 5.88 Å². The molecule has 1 fully saturated rings. The molecule has 1 aliphatic carbocycles. The lowest BCUT2D eigenvalue weighted by Gasteiger charge is -2.22. The third-order valence-corrected chi connectivity index (χ3v) is 4.11. The molecule has 1 aromatic carbocycles. The van der Waals surface area contributed by atoms with E-state index >= 15 is 0 Å². The second-order valence-corrected chi connectivity index (χ2v) is 5.71. The summed E-state index contributed by atoms with van der Waals surface area (Å²) in [5.74, 6) is 1.39. The van der Waals surface area contributed by atoms with Gasteiger partial charge in [0.05, 0.1) is 0 Å². The fourth-order valence-corrected chi connectivity index (χ4v) is 2.96. The summed E-state index contributed by atoms with van der Waals surface area (Å²) in [5.41, 5.74) is 1.73. The molecule has 1 aliphatic rings. The van der Waals surface area contributed by atoms with Crippen LogP contribution in [0.1, 0.15) is 32.1 Å². The zero-order valence-corrected chi connectivity index (χ0v) is 12.4. The molecule has 0 bridgehead atoms. The summed E-state index contributed by atoms with van der Waals surface area (Å²) in [6, 6.07) is 13.8. The summed E-state index contributed by atoms with van der Waals surface area (Å²) in [6.45, 7) is 0. The number of ether oxygens (including phenoxy) is 1. The van der Waals surface area contributed by atoms with Gasteiger partial charge in [0.2, 0.25) is 5.88 Å². The lowest BCUT2D eigenvalue weighted by Crippen LogP contribution is -2.20. The van der Waals surface area contributed by atoms with E-state index in [9.17, 15) is 0 Å². The van der Waals surface area contributed by atoms with Crippen molar-refractivity contribution in [2.45, 2.75) is 38.2 Å². The Balaban J connectivity index is 1.67. The molecule has 3 aromatic rings. The summed E-state index contributed by atoms with van der Waals surface area (Å²) in [6.07, 6.45) is 6.33. The van der Waals surface area contributed by atoms with Gasteiger partial charge >= 0.3 is 0 Å². The second kappa shape index (κ2) is 5.75. The van der Waals surface area contributed by atoms with Crippen molar-refractivity contribution in [3.05, 3.63) is 42.5 Å². The van der Waals surface area contributed by atoms with Crippen LogP contribution >= 0.6 is 0 Å². The highest BCUT2D eigenvalue weighted by molar-refractivity contribution is 5.58. The molecule has 1 saturated carbocycles. The van der Waals surface area contributed by atoms with Crippen LogP contribution in [0.2, 0.25) is 0 Å². The highest BCUT2D eigenvalue weighted by atomic mass is 16.5. The third-order valence-electron chi connectivity index (χ3n) is 4.11. The van der Waals surface area contributed by atoms with Crippen LogP contribution < -0.4 is 4.74 Å². The molecule has 0 atom stereocenters. The summed E-state index contributed by atoms with van der Waals surface area (Å²) in [5, 5.41) is 13.0. The van der Waals surface area contributed by atoms with Crippen LogP contribution in [-0.4, -0.2) is 25.9 Å². The van der Waals surface area contributed by atoms with E-state index in [0.717, 1.165) is 29.9 Å². The number of hydrogen-bond acceptors (Lipinski definition) is 4. The van der Waals surface area contributed by atoms with E-state index in [1.807, 2.05) is 42.5 Å². The van der Waals surface area contributed by atoms with Crippen LogP contribution in [0, 0.1) is 0 Å². The first-order chi connectivity index (χ1) is 10.9. The van der Waals surface area contributed by atoms with Gasteiger partial charge in [0.15, 0.2) is 11.5 Å². The summed E-state index contributed by atoms with van der Waals surface area (Å²) in [7, 11) is 0. The van der Waals surface area contributed by atoms with Crippen LogP contribution in [0.3, 0.4) is 0 Å². The van der Waals surface area contributed by atoms with Crippen LogP contribution in [0.5, 0.6) is 5.88 Å². The molecule has 2 aromatic heterocycles. The van der Waals surface area contributed by atoms with Gasteiger partial charge < -0.3 is 4.74 Å². The van der Waals surface area contributed by atoms with Gasteiger partial charge in [-0.3, -0.25) is 0 Å². The monoisotopic (exact) mass is 294 g/mol. The molecule has 112 valence electrons. The molecule has 0 amide bonds. The molecule has 0 aliphatic heterocycles. The van der Waals surface area contributed by atoms with Crippen molar-refractivity contribution in [1.82, 2.24) is 19.8 Å². The minimum Gasteiger partial charge on any atom is -0.473 e. The molecule has 5 nitrogen and oxygen atoms in total. The van der Waals surface area contributed by atoms with Crippen LogP contribution in [0.25, 0.3) is 17.0 Å². The number of rotatable bonds is 3. The number of aromatic nitrogens is 4. The first-order valence-corrected chi connectivity index (χ1v) is 7.85. The maximum atomic E-state index is 6.04. The maximum absolute atomic E-state index is 6.04. The Labute approximate surface area is 128 Å². The van der Waals surface area contributed by atoms with Crippen molar-refractivity contribution in [3.63, 3.8) is 0 Å². The van der Waals surface area contributed by atoms with Gasteiger partial charge in [-0.15, -0.1) is 15.3 Å². The minimum absolute atomic E-state index is 0.287. The number of hydrogen-bond donors (Lipinski definition) is 0. The second-order valence-electron chi connectivity index (χ2n) is 5.71. The topological polar surface area (TPSA) is 52.3 Å². The molecular formula is C17H18N4O. The lowest BCUT2D eigenvalue weighted by molar-refractivity contribution is 0.147. The number of benzene rings is 1. The normalized spacial score (nSPS) is 16.0. The molecule has 0 N–H and O–H groups in total. The van der Waals surface area contributed by atoms with Gasteiger partial charge in [-0.05, 0) is 31.7 Å². The predicted molar refractivity (Wildman–Crippen MR) is 83.7 cm³/mol. The third kappa shape index (κ3) is 2.54. The summed E-state index contributed by atoms with van der Waals surface area (Å²) < 4.78 is 7.79. The van der Waals surface area contributed by atoms with E-state index < -0.39 is 0 Å². The van der Waals surface area contributed by atoms with Gasteiger partial charge in [0.1, 0.15) is 6.10 Å². The zero-order valence-electron chi connectivity index (χ0n) is 12.4. The van der Waals surface area contributed by atoms with Crippen molar-refractivity contribution in [2.24, 2.45) is 0 Å². The van der Waals surface area contributed by atoms with Crippen LogP contribution in [-0.2, 0) is 0 Å². The lowest BCUT2D eigenvalue weighted by atomic mass is 9.98. The van der Waals surface area contributed by atoms with Gasteiger partial charge in [-0.2, -0.15) is 4.52 Å². The Kier molecular flexibility index (Phi) is 3.46. The Hall–Kier alpha value is -2.43. The highest BCUT2D eigenvalue weighted by Gasteiger charge is 2.16. The number of fused-ring (bicyclic) bond motifs is 1. The van der Waals surface area contributed by atoms with E-state index in [-0.39, 0.29) is 6.10 Å². The molecule has 4 rings (SSSR count). The fourth-order valence-electron chi connectivity index (χ4n) is 2.96. The summed E-state index contributed by atoms with van der Waals surface area (Å²) in [4.78, 5) is 0. The van der Waals surface area contributed by atoms with Gasteiger partial charge in [0, 0.05) is 11.6 Å². The predicted octanol–water partition coefficient (Wildman–Crippen LogP) is 3.50. The largest absolute Gasteiger partial charge is 0.473 e. The Morgan fingerprint density at radius 1 is 0.909 bits per heavy atom. The molecule has 22 heavy (non-hydrogen) atoms. The smallest absolute Gasteiger partial charge is 0.232 e. The fraction of sp³-hybridized carbons (Fsp3) is 0.353. The van der Waals surface area contributed by atoms with Gasteiger partial charge in [-0.25, -0.2) is 0 Å². The highest BCUT2D eigenvalue weighted by Crippen LogP contribution is 2.23. The van der Waals surface area contributed by atoms with E-state index in [1.165, 1.54) is 19.3 Å². The van der Waals surface area contributed by atoms with E-state index in [4.69, 9.17) is 4.74 Å². The average Bonchev–Trinajstić information content (AvgIpc) is 3.00. The molecule has 2 heterocycles. The van der Waals surface area contributed by atoms with Crippen molar-refractivity contribution >= 4 is 5.65 Å². The Morgan fingerprint density at radius 3 is 2.55 bits per heavy atom. The van der Waals surface area contributed by atoms with E-state index in [2.05, 4.69) is 15.3 Å². The first kappa shape index (κ1) is 13.2. The molecule has 0 saturated heterocycles. The molecular weight excluding hydrogens is 276 g/mol. The zero-order chi connectivity index (χ0) is 14.8. The molecule has 0 spiro atoms. The maximum Gasteiger partial charge on any atom is 0.232 e. The van der Waals surface area contributed by atoms with E-state index in [1.54, 1.807) is 4.52 Å². The van der Waals surface area contributed by atoms with Gasteiger partial charge in [0.25, 0.3) is 0 Å². The molecule has 0 unspecified atom stereocenters. The van der Waals surface area contributed by atoms with Crippen molar-refractivity contribution in [2.75, 3.05) is 0 Å². The van der Waals surface area contributed by atoms with Crippen molar-refractivity contribution in [1.29, 1.82) is 0 Å². The van der Waals surface area contributed by atoms with Crippen LogP contribution in [0.15, 0.2) is 42.5 Å². The average molecular weight is 294 g/mol. The molecule has 5 heteroatoms. The number of nitrogens with zero attached hydrogens (tertiary/aromatic N) is 4. The standard InChI is InChI=1S/C17H18N4O/c1-3-7-13(8-4-1)17-19-18-15-11-12-16(20-21(15)17)22-14-9-5-2-6-10-14/h1,3-4,7-8,11-12,14H,2,5-6,9-10H2. The first-order valence-electron chi connectivity index (χ1n) is 7.85. The minimum atomic E-state index is 0.287. The Bertz CT molecular complexity index is 763. The molecule has 0 radical (unpaired) electrons. The van der Waals surface area contributed by atoms with Gasteiger partial charge in [-0.1, -0.05) is 36.8 Å². The van der Waals surface area contributed by atoms with Crippen molar-refractivity contribution in [3.8, 4) is 17.3 Å².